The smallest absolute Gasteiger partial charge is 0.123 e. The number of nitrogens with zero attached hydrogens (tertiary/aromatic N) is 2. The van der Waals surface area contributed by atoms with Crippen LogP contribution in [-0.4, -0.2) is 37.6 Å². The van der Waals surface area contributed by atoms with Crippen molar-refractivity contribution in [2.45, 2.75) is 32.5 Å². The number of rotatable bonds is 9. The standard InChI is InChI=1S/C16H26BrFN2/c1-4-19(5-2)10-7-11-20(6-3)16-9-8-15(18)12-14(16)13-17/h8-9,12H,4-7,10-11,13H2,1-3H3. The van der Waals surface area contributed by atoms with Gasteiger partial charge in [-0.2, -0.15) is 0 Å². The summed E-state index contributed by atoms with van der Waals surface area (Å²) in [5.74, 6) is -0.164. The van der Waals surface area contributed by atoms with Crippen LogP contribution in [0, 0.1) is 5.82 Å². The number of hydrogen-bond donors (Lipinski definition) is 0. The molecule has 1 aromatic carbocycles. The monoisotopic (exact) mass is 344 g/mol. The van der Waals surface area contributed by atoms with Crippen LogP contribution in [0.1, 0.15) is 32.8 Å². The van der Waals surface area contributed by atoms with E-state index in [0.29, 0.717) is 5.33 Å². The van der Waals surface area contributed by atoms with Crippen LogP contribution in [0.4, 0.5) is 10.1 Å². The highest BCUT2D eigenvalue weighted by Gasteiger charge is 2.10. The van der Waals surface area contributed by atoms with Crippen molar-refractivity contribution in [2.75, 3.05) is 37.6 Å². The van der Waals surface area contributed by atoms with Crippen molar-refractivity contribution >= 4 is 21.6 Å². The van der Waals surface area contributed by atoms with E-state index >= 15 is 0 Å². The van der Waals surface area contributed by atoms with Crippen LogP contribution in [0.5, 0.6) is 0 Å². The summed E-state index contributed by atoms with van der Waals surface area (Å²) in [6.07, 6.45) is 1.13. The zero-order valence-electron chi connectivity index (χ0n) is 12.8. The third-order valence-electron chi connectivity index (χ3n) is 3.70. The van der Waals surface area contributed by atoms with Crippen molar-refractivity contribution in [1.29, 1.82) is 0 Å². The Hall–Kier alpha value is -0.610. The molecule has 1 rings (SSSR count). The molecule has 20 heavy (non-hydrogen) atoms. The van der Waals surface area contributed by atoms with Crippen molar-refractivity contribution in [3.05, 3.63) is 29.6 Å². The summed E-state index contributed by atoms with van der Waals surface area (Å²) in [5.41, 5.74) is 2.17. The van der Waals surface area contributed by atoms with E-state index in [9.17, 15) is 4.39 Å². The van der Waals surface area contributed by atoms with Crippen molar-refractivity contribution in [2.24, 2.45) is 0 Å². The highest BCUT2D eigenvalue weighted by molar-refractivity contribution is 9.08. The zero-order chi connectivity index (χ0) is 15.0. The first kappa shape index (κ1) is 17.4. The maximum absolute atomic E-state index is 13.3. The van der Waals surface area contributed by atoms with Crippen LogP contribution >= 0.6 is 15.9 Å². The molecule has 0 bridgehead atoms. The molecule has 0 N–H and O–H groups in total. The molecule has 0 amide bonds. The van der Waals surface area contributed by atoms with E-state index in [-0.39, 0.29) is 5.82 Å². The minimum Gasteiger partial charge on any atom is -0.372 e. The maximum Gasteiger partial charge on any atom is 0.123 e. The van der Waals surface area contributed by atoms with Gasteiger partial charge in [-0.25, -0.2) is 4.39 Å². The average molecular weight is 345 g/mol. The lowest BCUT2D eigenvalue weighted by Gasteiger charge is -2.27. The maximum atomic E-state index is 13.3. The van der Waals surface area contributed by atoms with Gasteiger partial charge in [0.15, 0.2) is 0 Å². The lowest BCUT2D eigenvalue weighted by atomic mass is 10.1. The van der Waals surface area contributed by atoms with Gasteiger partial charge in [0, 0.05) is 24.1 Å². The first-order chi connectivity index (χ1) is 9.65. The molecule has 0 unspecified atom stereocenters. The molecule has 0 aliphatic rings. The lowest BCUT2D eigenvalue weighted by molar-refractivity contribution is 0.300. The van der Waals surface area contributed by atoms with Crippen molar-refractivity contribution < 1.29 is 4.39 Å². The molecule has 2 nitrogen and oxygen atoms in total. The van der Waals surface area contributed by atoms with E-state index in [1.807, 2.05) is 6.07 Å². The number of hydrogen-bond acceptors (Lipinski definition) is 2. The van der Waals surface area contributed by atoms with Crippen molar-refractivity contribution in [3.8, 4) is 0 Å². The average Bonchev–Trinajstić information content (AvgIpc) is 2.48. The number of benzene rings is 1. The molecule has 0 radical (unpaired) electrons. The predicted molar refractivity (Wildman–Crippen MR) is 89.3 cm³/mol. The SMILES string of the molecule is CCN(CC)CCCN(CC)c1ccc(F)cc1CBr. The van der Waals surface area contributed by atoms with Gasteiger partial charge in [-0.1, -0.05) is 29.8 Å². The van der Waals surface area contributed by atoms with Gasteiger partial charge in [0.05, 0.1) is 0 Å². The Labute approximate surface area is 131 Å². The molecule has 0 spiro atoms. The van der Waals surface area contributed by atoms with E-state index in [2.05, 4.69) is 46.5 Å². The Bertz CT molecular complexity index is 394. The second-order valence-electron chi connectivity index (χ2n) is 4.87. The van der Waals surface area contributed by atoms with Gasteiger partial charge in [0.25, 0.3) is 0 Å². The Balaban J connectivity index is 2.66. The molecule has 1 aromatic rings. The highest BCUT2D eigenvalue weighted by atomic mass is 79.9. The summed E-state index contributed by atoms with van der Waals surface area (Å²) >= 11 is 3.45. The number of anilines is 1. The minimum absolute atomic E-state index is 0.164. The van der Waals surface area contributed by atoms with Gasteiger partial charge in [0.1, 0.15) is 5.82 Å². The number of alkyl halides is 1. The van der Waals surface area contributed by atoms with Gasteiger partial charge < -0.3 is 9.80 Å². The van der Waals surface area contributed by atoms with Crippen LogP contribution in [-0.2, 0) is 5.33 Å². The lowest BCUT2D eigenvalue weighted by Crippen LogP contribution is -2.30. The molecule has 4 heteroatoms. The Morgan fingerprint density at radius 3 is 2.30 bits per heavy atom. The van der Waals surface area contributed by atoms with Crippen LogP contribution in [0.25, 0.3) is 0 Å². The fourth-order valence-corrected chi connectivity index (χ4v) is 2.89. The molecule has 114 valence electrons. The molecule has 0 aliphatic heterocycles. The quantitative estimate of drug-likeness (QED) is 0.617. The van der Waals surface area contributed by atoms with E-state index in [0.717, 1.165) is 50.4 Å². The summed E-state index contributed by atoms with van der Waals surface area (Å²) in [6, 6.07) is 5.07. The predicted octanol–water partition coefficient (Wildman–Crippen LogP) is 4.28. The third-order valence-corrected chi connectivity index (χ3v) is 4.31. The molecule has 0 atom stereocenters. The highest BCUT2D eigenvalue weighted by Crippen LogP contribution is 2.24. The normalized spacial score (nSPS) is 11.1. The largest absolute Gasteiger partial charge is 0.372 e. The van der Waals surface area contributed by atoms with Crippen LogP contribution < -0.4 is 4.90 Å². The Morgan fingerprint density at radius 1 is 1.05 bits per heavy atom. The topological polar surface area (TPSA) is 6.48 Å². The van der Waals surface area contributed by atoms with Crippen LogP contribution in [0.3, 0.4) is 0 Å². The van der Waals surface area contributed by atoms with Crippen LogP contribution in [0.2, 0.25) is 0 Å². The van der Waals surface area contributed by atoms with E-state index in [4.69, 9.17) is 0 Å². The molecule has 0 heterocycles. The summed E-state index contributed by atoms with van der Waals surface area (Å²) < 4.78 is 13.3. The second-order valence-corrected chi connectivity index (χ2v) is 5.43. The minimum atomic E-state index is -0.164. The summed E-state index contributed by atoms with van der Waals surface area (Å²) in [7, 11) is 0. The van der Waals surface area contributed by atoms with E-state index < -0.39 is 0 Å². The summed E-state index contributed by atoms with van der Waals surface area (Å²) in [4.78, 5) is 4.77. The van der Waals surface area contributed by atoms with Crippen molar-refractivity contribution in [1.82, 2.24) is 4.90 Å². The molecule has 0 fully saturated rings. The molecule has 0 saturated heterocycles. The summed E-state index contributed by atoms with van der Waals surface area (Å²) in [5, 5.41) is 0.687. The van der Waals surface area contributed by atoms with E-state index in [1.165, 1.54) is 0 Å². The first-order valence-corrected chi connectivity index (χ1v) is 8.60. The van der Waals surface area contributed by atoms with Gasteiger partial charge in [-0.3, -0.25) is 0 Å². The molecular formula is C16H26BrFN2. The van der Waals surface area contributed by atoms with Gasteiger partial charge in [0.2, 0.25) is 0 Å². The van der Waals surface area contributed by atoms with E-state index in [1.54, 1.807) is 12.1 Å². The molecule has 0 aliphatic carbocycles. The molecule has 0 aromatic heterocycles. The van der Waals surface area contributed by atoms with Gasteiger partial charge in [-0.05, 0) is 56.7 Å². The fraction of sp³-hybridized carbons (Fsp3) is 0.625. The zero-order valence-corrected chi connectivity index (χ0v) is 14.4. The third kappa shape index (κ3) is 5.06. The van der Waals surface area contributed by atoms with Crippen LogP contribution in [0.15, 0.2) is 18.2 Å². The van der Waals surface area contributed by atoms with Crippen molar-refractivity contribution in [3.63, 3.8) is 0 Å². The Morgan fingerprint density at radius 2 is 1.75 bits per heavy atom. The molecular weight excluding hydrogens is 319 g/mol. The first-order valence-electron chi connectivity index (χ1n) is 7.47. The van der Waals surface area contributed by atoms with Gasteiger partial charge in [-0.15, -0.1) is 0 Å². The second kappa shape index (κ2) is 9.35. The number of halogens is 2. The Kier molecular flexibility index (Phi) is 8.15. The summed E-state index contributed by atoms with van der Waals surface area (Å²) in [6.45, 7) is 11.8. The molecule has 0 saturated carbocycles. The van der Waals surface area contributed by atoms with Gasteiger partial charge >= 0.3 is 0 Å². The fourth-order valence-electron chi connectivity index (χ4n) is 2.44.